The number of hydrogen-bond acceptors (Lipinski definition) is 4. The van der Waals surface area contributed by atoms with Crippen molar-refractivity contribution in [1.29, 1.82) is 0 Å². The van der Waals surface area contributed by atoms with E-state index in [-0.39, 0.29) is 0 Å². The van der Waals surface area contributed by atoms with Crippen LogP contribution in [0.5, 0.6) is 11.5 Å². The van der Waals surface area contributed by atoms with Gasteiger partial charge in [0.15, 0.2) is 0 Å². The monoisotopic (exact) mass is 281 g/mol. The maximum absolute atomic E-state index is 12.1. The summed E-state index contributed by atoms with van der Waals surface area (Å²) >= 11 is 0. The first-order chi connectivity index (χ1) is 9.51. The molecule has 1 atom stereocenters. The van der Waals surface area contributed by atoms with Gasteiger partial charge in [0.2, 0.25) is 0 Å². The molecule has 0 aromatic heterocycles. The van der Waals surface area contributed by atoms with Crippen LogP contribution in [0.1, 0.15) is 30.1 Å². The molecule has 0 heterocycles. The lowest BCUT2D eigenvalue weighted by Gasteiger charge is -2.14. The highest BCUT2D eigenvalue weighted by atomic mass is 16.5. The van der Waals surface area contributed by atoms with E-state index < -0.39 is 17.9 Å². The molecular weight excluding hydrogens is 262 g/mol. The average molecular weight is 281 g/mol. The van der Waals surface area contributed by atoms with Crippen LogP contribution in [0.2, 0.25) is 0 Å². The fourth-order valence-electron chi connectivity index (χ4n) is 1.73. The Morgan fingerprint density at radius 3 is 2.15 bits per heavy atom. The van der Waals surface area contributed by atoms with Crippen LogP contribution in [0.25, 0.3) is 0 Å². The predicted octanol–water partition coefficient (Wildman–Crippen LogP) is 1.69. The number of carbonyl (C=O) groups excluding carboxylic acids is 1. The van der Waals surface area contributed by atoms with Crippen molar-refractivity contribution >= 4 is 11.9 Å². The quantitative estimate of drug-likeness (QED) is 0.794. The summed E-state index contributed by atoms with van der Waals surface area (Å²) in [5.41, 5.74) is 0.295. The van der Waals surface area contributed by atoms with Crippen molar-refractivity contribution < 1.29 is 24.2 Å². The van der Waals surface area contributed by atoms with Crippen molar-refractivity contribution in [3.8, 4) is 11.5 Å². The van der Waals surface area contributed by atoms with E-state index >= 15 is 0 Å². The van der Waals surface area contributed by atoms with E-state index in [1.807, 2.05) is 6.92 Å². The van der Waals surface area contributed by atoms with E-state index in [2.05, 4.69) is 5.32 Å². The molecule has 6 nitrogen and oxygen atoms in total. The fourth-order valence-corrected chi connectivity index (χ4v) is 1.73. The van der Waals surface area contributed by atoms with E-state index in [0.717, 1.165) is 0 Å². The second-order valence-electron chi connectivity index (χ2n) is 4.25. The van der Waals surface area contributed by atoms with Gasteiger partial charge in [-0.2, -0.15) is 0 Å². The minimum atomic E-state index is -1.05. The summed E-state index contributed by atoms with van der Waals surface area (Å²) in [7, 11) is 2.96. The van der Waals surface area contributed by atoms with E-state index in [1.165, 1.54) is 26.4 Å². The minimum Gasteiger partial charge on any atom is -0.497 e. The van der Waals surface area contributed by atoms with Crippen LogP contribution in [0, 0.1) is 0 Å². The highest BCUT2D eigenvalue weighted by Crippen LogP contribution is 2.22. The lowest BCUT2D eigenvalue weighted by atomic mass is 10.1. The van der Waals surface area contributed by atoms with Crippen molar-refractivity contribution in [1.82, 2.24) is 5.32 Å². The molecule has 1 unspecified atom stereocenters. The van der Waals surface area contributed by atoms with Gasteiger partial charge in [-0.05, 0) is 18.6 Å². The van der Waals surface area contributed by atoms with Gasteiger partial charge in [0, 0.05) is 11.6 Å². The Hall–Kier alpha value is -2.24. The second kappa shape index (κ2) is 7.37. The molecule has 1 rings (SSSR count). The largest absolute Gasteiger partial charge is 0.497 e. The van der Waals surface area contributed by atoms with E-state index in [0.29, 0.717) is 29.9 Å². The smallest absolute Gasteiger partial charge is 0.326 e. The van der Waals surface area contributed by atoms with Gasteiger partial charge in [-0.25, -0.2) is 4.79 Å². The molecule has 0 saturated carbocycles. The average Bonchev–Trinajstić information content (AvgIpc) is 2.45. The predicted molar refractivity (Wildman–Crippen MR) is 73.3 cm³/mol. The van der Waals surface area contributed by atoms with Crippen molar-refractivity contribution in [3.63, 3.8) is 0 Å². The van der Waals surface area contributed by atoms with Crippen molar-refractivity contribution in [3.05, 3.63) is 23.8 Å². The Balaban J connectivity index is 2.93. The number of rotatable bonds is 7. The SMILES string of the molecule is CCCC(NC(=O)c1cc(OC)cc(OC)c1)C(=O)O. The van der Waals surface area contributed by atoms with Gasteiger partial charge in [0.05, 0.1) is 14.2 Å². The van der Waals surface area contributed by atoms with Crippen LogP contribution in [-0.4, -0.2) is 37.2 Å². The molecule has 0 spiro atoms. The molecule has 1 amide bonds. The summed E-state index contributed by atoms with van der Waals surface area (Å²) in [5, 5.41) is 11.5. The molecule has 0 saturated heterocycles. The second-order valence-corrected chi connectivity index (χ2v) is 4.25. The first kappa shape index (κ1) is 15.8. The summed E-state index contributed by atoms with van der Waals surface area (Å²) in [6, 6.07) is 3.80. The summed E-state index contributed by atoms with van der Waals surface area (Å²) in [5.74, 6) is -0.577. The molecule has 0 aliphatic rings. The third kappa shape index (κ3) is 4.15. The third-order valence-corrected chi connectivity index (χ3v) is 2.79. The summed E-state index contributed by atoms with van der Waals surface area (Å²) in [4.78, 5) is 23.1. The minimum absolute atomic E-state index is 0.295. The number of aliphatic carboxylic acids is 1. The zero-order valence-corrected chi connectivity index (χ0v) is 11.8. The standard InChI is InChI=1S/C14H19NO5/c1-4-5-12(14(17)18)15-13(16)9-6-10(19-2)8-11(7-9)20-3/h6-8,12H,4-5H2,1-3H3,(H,15,16)(H,17,18). The van der Waals surface area contributed by atoms with Crippen LogP contribution in [0.15, 0.2) is 18.2 Å². The van der Waals surface area contributed by atoms with Crippen LogP contribution >= 0.6 is 0 Å². The van der Waals surface area contributed by atoms with Crippen molar-refractivity contribution in [2.45, 2.75) is 25.8 Å². The fraction of sp³-hybridized carbons (Fsp3) is 0.429. The van der Waals surface area contributed by atoms with Crippen LogP contribution in [0.4, 0.5) is 0 Å². The maximum Gasteiger partial charge on any atom is 0.326 e. The Labute approximate surface area is 117 Å². The zero-order valence-electron chi connectivity index (χ0n) is 11.8. The zero-order chi connectivity index (χ0) is 15.1. The topological polar surface area (TPSA) is 84.9 Å². The highest BCUT2D eigenvalue weighted by Gasteiger charge is 2.20. The number of benzene rings is 1. The molecular formula is C14H19NO5. The number of ether oxygens (including phenoxy) is 2. The van der Waals surface area contributed by atoms with Crippen LogP contribution in [-0.2, 0) is 4.79 Å². The third-order valence-electron chi connectivity index (χ3n) is 2.79. The Morgan fingerprint density at radius 1 is 1.20 bits per heavy atom. The number of methoxy groups -OCH3 is 2. The summed E-state index contributed by atoms with van der Waals surface area (Å²) in [6.45, 7) is 1.86. The highest BCUT2D eigenvalue weighted by molar-refractivity contribution is 5.97. The molecule has 20 heavy (non-hydrogen) atoms. The van der Waals surface area contributed by atoms with Crippen LogP contribution in [0.3, 0.4) is 0 Å². The number of nitrogens with one attached hydrogen (secondary N) is 1. The molecule has 2 N–H and O–H groups in total. The number of hydrogen-bond donors (Lipinski definition) is 2. The van der Waals surface area contributed by atoms with E-state index in [4.69, 9.17) is 14.6 Å². The van der Waals surface area contributed by atoms with Gasteiger partial charge in [-0.1, -0.05) is 13.3 Å². The number of carboxylic acids is 1. The molecule has 0 aliphatic heterocycles. The molecule has 6 heteroatoms. The first-order valence-electron chi connectivity index (χ1n) is 6.28. The van der Waals surface area contributed by atoms with Crippen molar-refractivity contribution in [2.24, 2.45) is 0 Å². The lowest BCUT2D eigenvalue weighted by Crippen LogP contribution is -2.40. The maximum atomic E-state index is 12.1. The normalized spacial score (nSPS) is 11.6. The molecule has 1 aromatic rings. The number of carboxylic acid groups (broad SMARTS) is 1. The number of amides is 1. The first-order valence-corrected chi connectivity index (χ1v) is 6.28. The molecule has 0 radical (unpaired) electrons. The molecule has 0 fully saturated rings. The van der Waals surface area contributed by atoms with Gasteiger partial charge in [-0.15, -0.1) is 0 Å². The Morgan fingerprint density at radius 2 is 1.75 bits per heavy atom. The van der Waals surface area contributed by atoms with Crippen molar-refractivity contribution in [2.75, 3.05) is 14.2 Å². The van der Waals surface area contributed by atoms with Gasteiger partial charge in [-0.3, -0.25) is 4.79 Å². The summed E-state index contributed by atoms with van der Waals surface area (Å²) < 4.78 is 10.1. The number of carbonyl (C=O) groups is 2. The molecule has 0 aliphatic carbocycles. The molecule has 0 bridgehead atoms. The summed E-state index contributed by atoms with van der Waals surface area (Å²) in [6.07, 6.45) is 1.04. The Bertz CT molecular complexity index is 464. The van der Waals surface area contributed by atoms with E-state index in [1.54, 1.807) is 6.07 Å². The van der Waals surface area contributed by atoms with Crippen LogP contribution < -0.4 is 14.8 Å². The van der Waals surface area contributed by atoms with Gasteiger partial charge < -0.3 is 19.9 Å². The molecule has 1 aromatic carbocycles. The molecule has 110 valence electrons. The van der Waals surface area contributed by atoms with Gasteiger partial charge >= 0.3 is 5.97 Å². The Kier molecular flexibility index (Phi) is 5.83. The van der Waals surface area contributed by atoms with Gasteiger partial charge in [0.1, 0.15) is 17.5 Å². The van der Waals surface area contributed by atoms with E-state index in [9.17, 15) is 9.59 Å². The van der Waals surface area contributed by atoms with Gasteiger partial charge in [0.25, 0.3) is 5.91 Å². The lowest BCUT2D eigenvalue weighted by molar-refractivity contribution is -0.139.